The van der Waals surface area contributed by atoms with Crippen molar-refractivity contribution in [1.82, 2.24) is 20.3 Å². The van der Waals surface area contributed by atoms with Crippen molar-refractivity contribution in [2.75, 3.05) is 37.7 Å². The number of H-pyrrole nitrogens is 1. The van der Waals surface area contributed by atoms with E-state index in [4.69, 9.17) is 21.3 Å². The minimum Gasteiger partial charge on any atom is -0.378 e. The SMILES string of the molecule is Clc1cnc2[nH]c(-c3ccc(N4CCOCC4)nc3)c(C3=CNC=NC3)c2c1. The van der Waals surface area contributed by atoms with Gasteiger partial charge in [-0.3, -0.25) is 4.99 Å². The molecule has 0 saturated carbocycles. The monoisotopic (exact) mass is 394 g/mol. The van der Waals surface area contributed by atoms with Gasteiger partial charge in [-0.05, 0) is 23.8 Å². The van der Waals surface area contributed by atoms with E-state index in [1.165, 1.54) is 0 Å². The highest BCUT2D eigenvalue weighted by atomic mass is 35.5. The minimum absolute atomic E-state index is 0.596. The van der Waals surface area contributed by atoms with Crippen molar-refractivity contribution in [2.24, 2.45) is 4.99 Å². The van der Waals surface area contributed by atoms with Gasteiger partial charge < -0.3 is 19.9 Å². The standard InChI is InChI=1S/C20H19ClN6O/c21-15-7-16-18(14-8-22-12-23-9-14)19(26-20(16)25-11-15)13-1-2-17(24-10-13)27-3-5-28-6-4-27/h1-2,7-8,10-12H,3-6,9H2,(H,22,23)(H,25,26). The second kappa shape index (κ2) is 7.26. The molecule has 28 heavy (non-hydrogen) atoms. The fourth-order valence-corrected chi connectivity index (χ4v) is 3.80. The molecule has 0 spiro atoms. The average molecular weight is 395 g/mol. The Hall–Kier alpha value is -2.90. The molecule has 0 radical (unpaired) electrons. The Kier molecular flexibility index (Phi) is 4.46. The summed E-state index contributed by atoms with van der Waals surface area (Å²) < 4.78 is 5.42. The van der Waals surface area contributed by atoms with Crippen LogP contribution in [0.15, 0.2) is 41.8 Å². The summed E-state index contributed by atoms with van der Waals surface area (Å²) in [4.78, 5) is 19.2. The lowest BCUT2D eigenvalue weighted by molar-refractivity contribution is 0.122. The molecule has 2 aliphatic heterocycles. The van der Waals surface area contributed by atoms with Gasteiger partial charge in [-0.2, -0.15) is 0 Å². The van der Waals surface area contributed by atoms with Crippen LogP contribution in [0.25, 0.3) is 27.9 Å². The number of ether oxygens (including phenoxy) is 1. The van der Waals surface area contributed by atoms with Gasteiger partial charge in [0.1, 0.15) is 11.5 Å². The molecule has 5 heterocycles. The fraction of sp³-hybridized carbons (Fsp3) is 0.250. The predicted octanol–water partition coefficient (Wildman–Crippen LogP) is 3.09. The molecule has 0 amide bonds. The Morgan fingerprint density at radius 1 is 1.11 bits per heavy atom. The Morgan fingerprint density at radius 3 is 2.75 bits per heavy atom. The fourth-order valence-electron chi connectivity index (χ4n) is 3.64. The van der Waals surface area contributed by atoms with E-state index in [1.54, 1.807) is 12.5 Å². The van der Waals surface area contributed by atoms with Crippen molar-refractivity contribution in [2.45, 2.75) is 0 Å². The highest BCUT2D eigenvalue weighted by Gasteiger charge is 2.20. The highest BCUT2D eigenvalue weighted by Crippen LogP contribution is 2.36. The predicted molar refractivity (Wildman–Crippen MR) is 112 cm³/mol. The van der Waals surface area contributed by atoms with Crippen molar-refractivity contribution in [3.63, 3.8) is 0 Å². The second-order valence-electron chi connectivity index (χ2n) is 6.74. The third-order valence-electron chi connectivity index (χ3n) is 4.99. The van der Waals surface area contributed by atoms with Crippen LogP contribution in [0, 0.1) is 0 Å². The quantitative estimate of drug-likeness (QED) is 0.713. The third-order valence-corrected chi connectivity index (χ3v) is 5.20. The Balaban J connectivity index is 1.59. The molecule has 1 saturated heterocycles. The van der Waals surface area contributed by atoms with Gasteiger partial charge in [-0.15, -0.1) is 0 Å². The normalized spacial score (nSPS) is 16.9. The number of hydrogen-bond acceptors (Lipinski definition) is 6. The molecule has 5 rings (SSSR count). The summed E-state index contributed by atoms with van der Waals surface area (Å²) in [6.45, 7) is 3.80. The maximum Gasteiger partial charge on any atom is 0.138 e. The van der Waals surface area contributed by atoms with Crippen LogP contribution in [0.4, 0.5) is 5.82 Å². The van der Waals surface area contributed by atoms with Crippen molar-refractivity contribution < 1.29 is 4.74 Å². The van der Waals surface area contributed by atoms with Gasteiger partial charge in [-0.25, -0.2) is 9.97 Å². The molecule has 142 valence electrons. The minimum atomic E-state index is 0.596. The summed E-state index contributed by atoms with van der Waals surface area (Å²) >= 11 is 6.22. The summed E-state index contributed by atoms with van der Waals surface area (Å²) in [5, 5.41) is 4.66. The molecule has 8 heteroatoms. The number of aromatic nitrogens is 3. The molecule has 0 atom stereocenters. The number of anilines is 1. The molecule has 3 aromatic rings. The zero-order valence-electron chi connectivity index (χ0n) is 15.2. The van der Waals surface area contributed by atoms with Gasteiger partial charge in [0.05, 0.1) is 36.8 Å². The van der Waals surface area contributed by atoms with Gasteiger partial charge in [0.15, 0.2) is 0 Å². The Labute approximate surface area is 167 Å². The first-order valence-electron chi connectivity index (χ1n) is 9.20. The van der Waals surface area contributed by atoms with Gasteiger partial charge in [0.25, 0.3) is 0 Å². The number of nitrogens with one attached hydrogen (secondary N) is 2. The molecular formula is C20H19ClN6O. The Morgan fingerprint density at radius 2 is 2.00 bits per heavy atom. The first-order chi connectivity index (χ1) is 13.8. The molecule has 1 fully saturated rings. The molecule has 0 aromatic carbocycles. The maximum atomic E-state index is 6.22. The first-order valence-corrected chi connectivity index (χ1v) is 9.57. The largest absolute Gasteiger partial charge is 0.378 e. The lowest BCUT2D eigenvalue weighted by Gasteiger charge is -2.27. The van der Waals surface area contributed by atoms with Crippen LogP contribution in [0.3, 0.4) is 0 Å². The zero-order chi connectivity index (χ0) is 18.9. The Bertz CT molecular complexity index is 1070. The van der Waals surface area contributed by atoms with Crippen LogP contribution in [-0.2, 0) is 4.74 Å². The van der Waals surface area contributed by atoms with Crippen LogP contribution >= 0.6 is 11.6 Å². The number of halogens is 1. The van der Waals surface area contributed by atoms with Gasteiger partial charge in [-0.1, -0.05) is 11.6 Å². The summed E-state index contributed by atoms with van der Waals surface area (Å²) in [5.74, 6) is 0.967. The first kappa shape index (κ1) is 17.2. The molecule has 7 nitrogen and oxygen atoms in total. The van der Waals surface area contributed by atoms with Gasteiger partial charge in [0, 0.05) is 48.2 Å². The van der Waals surface area contributed by atoms with Crippen molar-refractivity contribution in [1.29, 1.82) is 0 Å². The molecular weight excluding hydrogens is 376 g/mol. The topological polar surface area (TPSA) is 78.4 Å². The smallest absolute Gasteiger partial charge is 0.138 e. The molecule has 0 aliphatic carbocycles. The average Bonchev–Trinajstić information content (AvgIpc) is 3.14. The number of hydrogen-bond donors (Lipinski definition) is 2. The molecule has 2 N–H and O–H groups in total. The second-order valence-corrected chi connectivity index (χ2v) is 7.17. The summed E-state index contributed by atoms with van der Waals surface area (Å²) in [6.07, 6.45) is 7.22. The molecule has 3 aromatic heterocycles. The van der Waals surface area contributed by atoms with E-state index in [1.807, 2.05) is 18.5 Å². The number of aliphatic imine (C=N–C) groups is 1. The number of fused-ring (bicyclic) bond motifs is 1. The van der Waals surface area contributed by atoms with Crippen LogP contribution < -0.4 is 10.2 Å². The van der Waals surface area contributed by atoms with Crippen LogP contribution in [0.1, 0.15) is 5.56 Å². The van der Waals surface area contributed by atoms with Crippen LogP contribution in [-0.4, -0.2) is 54.1 Å². The lowest BCUT2D eigenvalue weighted by atomic mass is 10.00. The molecule has 0 unspecified atom stereocenters. The summed E-state index contributed by atoms with van der Waals surface area (Å²) in [5.41, 5.74) is 4.88. The highest BCUT2D eigenvalue weighted by molar-refractivity contribution is 6.31. The molecule has 2 aliphatic rings. The van der Waals surface area contributed by atoms with E-state index >= 15 is 0 Å². The number of aromatic amines is 1. The van der Waals surface area contributed by atoms with Crippen molar-refractivity contribution in [3.05, 3.63) is 47.4 Å². The van der Waals surface area contributed by atoms with Crippen molar-refractivity contribution >= 4 is 40.4 Å². The van der Waals surface area contributed by atoms with Gasteiger partial charge in [0.2, 0.25) is 0 Å². The van der Waals surface area contributed by atoms with E-state index in [-0.39, 0.29) is 0 Å². The lowest BCUT2D eigenvalue weighted by Crippen LogP contribution is -2.36. The third kappa shape index (κ3) is 3.12. The number of morpholine rings is 1. The number of pyridine rings is 2. The molecule has 0 bridgehead atoms. The zero-order valence-corrected chi connectivity index (χ0v) is 15.9. The van der Waals surface area contributed by atoms with Crippen LogP contribution in [0.2, 0.25) is 5.02 Å². The van der Waals surface area contributed by atoms with E-state index in [0.29, 0.717) is 11.6 Å². The van der Waals surface area contributed by atoms with E-state index in [2.05, 4.69) is 37.3 Å². The summed E-state index contributed by atoms with van der Waals surface area (Å²) in [6, 6.07) is 6.09. The van der Waals surface area contributed by atoms with E-state index < -0.39 is 0 Å². The van der Waals surface area contributed by atoms with E-state index in [0.717, 1.165) is 65.5 Å². The van der Waals surface area contributed by atoms with Crippen molar-refractivity contribution in [3.8, 4) is 11.3 Å². The number of nitrogens with zero attached hydrogens (tertiary/aromatic N) is 4. The van der Waals surface area contributed by atoms with Gasteiger partial charge >= 0.3 is 0 Å². The summed E-state index contributed by atoms with van der Waals surface area (Å²) in [7, 11) is 0. The van der Waals surface area contributed by atoms with Crippen LogP contribution in [0.5, 0.6) is 0 Å². The number of rotatable bonds is 3. The maximum absolute atomic E-state index is 6.22. The van der Waals surface area contributed by atoms with E-state index in [9.17, 15) is 0 Å².